The molecular weight excluding hydrogens is 224 g/mol. The predicted octanol–water partition coefficient (Wildman–Crippen LogP) is 3.68. The Balaban J connectivity index is 2.42. The van der Waals surface area contributed by atoms with Crippen molar-refractivity contribution >= 4 is 22.7 Å². The fourth-order valence-electron chi connectivity index (χ4n) is 1.51. The Labute approximate surface area is 98.0 Å². The lowest BCUT2D eigenvalue weighted by atomic mass is 10.0. The van der Waals surface area contributed by atoms with Crippen molar-refractivity contribution in [1.82, 2.24) is 0 Å². The Hall–Kier alpha value is -0.640. The molecule has 0 bridgehead atoms. The molecule has 1 nitrogen and oxygen atoms in total. The summed E-state index contributed by atoms with van der Waals surface area (Å²) in [4.78, 5) is 4.50. The Bertz CT molecular complexity index is 423. The first kappa shape index (κ1) is 10.9. The lowest BCUT2D eigenvalue weighted by molar-refractivity contribution is 0.110. The smallest absolute Gasteiger partial charge is 0.130 e. The van der Waals surface area contributed by atoms with Crippen LogP contribution < -0.4 is 0 Å². The zero-order valence-corrected chi connectivity index (χ0v) is 10.7. The zero-order chi connectivity index (χ0) is 11.1. The van der Waals surface area contributed by atoms with Crippen LogP contribution in [0.2, 0.25) is 0 Å². The molecule has 0 fully saturated rings. The molecule has 2 heterocycles. The lowest BCUT2D eigenvalue weighted by Gasteiger charge is -2.20. The summed E-state index contributed by atoms with van der Waals surface area (Å²) in [6.07, 6.45) is 0. The molecule has 0 saturated heterocycles. The first-order valence-corrected chi connectivity index (χ1v) is 6.49. The molecule has 1 N–H and O–H groups in total. The van der Waals surface area contributed by atoms with Crippen molar-refractivity contribution in [2.75, 3.05) is 0 Å². The highest BCUT2D eigenvalue weighted by molar-refractivity contribution is 7.13. The summed E-state index contributed by atoms with van der Waals surface area (Å²) in [7, 11) is 0. The van der Waals surface area contributed by atoms with Gasteiger partial charge < -0.3 is 5.11 Å². The maximum Gasteiger partial charge on any atom is 0.130 e. The summed E-state index contributed by atoms with van der Waals surface area (Å²) in [6.45, 7) is 5.98. The average molecular weight is 238 g/mol. The minimum absolute atomic E-state index is 0.835. The van der Waals surface area contributed by atoms with Gasteiger partial charge in [-0.05, 0) is 45.0 Å². The van der Waals surface area contributed by atoms with Crippen molar-refractivity contribution in [2.45, 2.75) is 26.4 Å². The molecule has 0 aliphatic heterocycles. The SMILES string of the molecule is Cc1ccc(C(C)(O)c2ccc(C)s2)s1. The fraction of sp³-hybridized carbons (Fsp3) is 0.333. The van der Waals surface area contributed by atoms with Crippen LogP contribution in [0.15, 0.2) is 24.3 Å². The normalized spacial score (nSPS) is 12.0. The molecule has 0 saturated carbocycles. The topological polar surface area (TPSA) is 20.2 Å². The van der Waals surface area contributed by atoms with E-state index < -0.39 is 5.60 Å². The van der Waals surface area contributed by atoms with Crippen LogP contribution >= 0.6 is 22.7 Å². The van der Waals surface area contributed by atoms with Gasteiger partial charge in [0.2, 0.25) is 0 Å². The molecule has 0 aliphatic carbocycles. The molecular formula is C12H14OS2. The van der Waals surface area contributed by atoms with Gasteiger partial charge in [0.05, 0.1) is 0 Å². The number of hydrogen-bond donors (Lipinski definition) is 1. The van der Waals surface area contributed by atoms with Crippen LogP contribution in [0.4, 0.5) is 0 Å². The molecule has 2 aromatic rings. The Morgan fingerprint density at radius 1 is 0.933 bits per heavy atom. The van der Waals surface area contributed by atoms with Crippen LogP contribution in [-0.4, -0.2) is 5.11 Å². The van der Waals surface area contributed by atoms with Gasteiger partial charge in [-0.25, -0.2) is 0 Å². The third-order valence-corrected chi connectivity index (χ3v) is 4.86. The molecule has 2 rings (SSSR count). The summed E-state index contributed by atoms with van der Waals surface area (Å²) in [5.41, 5.74) is -0.835. The lowest BCUT2D eigenvalue weighted by Crippen LogP contribution is -2.19. The molecule has 0 unspecified atom stereocenters. The highest BCUT2D eigenvalue weighted by Crippen LogP contribution is 2.37. The van der Waals surface area contributed by atoms with E-state index in [0.29, 0.717) is 0 Å². The van der Waals surface area contributed by atoms with Crippen LogP contribution in [-0.2, 0) is 5.60 Å². The van der Waals surface area contributed by atoms with Gasteiger partial charge >= 0.3 is 0 Å². The minimum Gasteiger partial charge on any atom is -0.379 e. The quantitative estimate of drug-likeness (QED) is 0.846. The molecule has 0 atom stereocenters. The number of thiophene rings is 2. The largest absolute Gasteiger partial charge is 0.379 e. The molecule has 0 spiro atoms. The molecule has 0 aliphatic rings. The summed E-state index contributed by atoms with van der Waals surface area (Å²) in [6, 6.07) is 8.12. The van der Waals surface area contributed by atoms with Crippen molar-refractivity contribution in [3.05, 3.63) is 43.8 Å². The van der Waals surface area contributed by atoms with Crippen molar-refractivity contribution in [1.29, 1.82) is 0 Å². The van der Waals surface area contributed by atoms with E-state index in [-0.39, 0.29) is 0 Å². The van der Waals surface area contributed by atoms with Gasteiger partial charge in [0, 0.05) is 19.5 Å². The molecule has 15 heavy (non-hydrogen) atoms. The van der Waals surface area contributed by atoms with E-state index in [1.807, 2.05) is 19.1 Å². The third kappa shape index (κ3) is 2.00. The first-order valence-electron chi connectivity index (χ1n) is 4.86. The van der Waals surface area contributed by atoms with E-state index in [2.05, 4.69) is 26.0 Å². The van der Waals surface area contributed by atoms with E-state index >= 15 is 0 Å². The van der Waals surface area contributed by atoms with E-state index in [1.54, 1.807) is 22.7 Å². The van der Waals surface area contributed by atoms with Crippen molar-refractivity contribution in [3.8, 4) is 0 Å². The Kier molecular flexibility index (Phi) is 2.71. The monoisotopic (exact) mass is 238 g/mol. The summed E-state index contributed by atoms with van der Waals surface area (Å²) < 4.78 is 0. The van der Waals surface area contributed by atoms with Crippen LogP contribution in [0.1, 0.15) is 26.4 Å². The van der Waals surface area contributed by atoms with Gasteiger partial charge in [-0.2, -0.15) is 0 Å². The second-order valence-corrected chi connectivity index (χ2v) is 6.47. The Morgan fingerprint density at radius 2 is 1.33 bits per heavy atom. The zero-order valence-electron chi connectivity index (χ0n) is 9.07. The maximum absolute atomic E-state index is 10.5. The van der Waals surface area contributed by atoms with Crippen LogP contribution in [0, 0.1) is 13.8 Å². The molecule has 3 heteroatoms. The van der Waals surface area contributed by atoms with Crippen LogP contribution in [0.5, 0.6) is 0 Å². The Morgan fingerprint density at radius 3 is 1.60 bits per heavy atom. The van der Waals surface area contributed by atoms with Gasteiger partial charge in [0.25, 0.3) is 0 Å². The molecule has 80 valence electrons. The average Bonchev–Trinajstić information content (AvgIpc) is 2.74. The fourth-order valence-corrected chi connectivity index (χ4v) is 3.43. The maximum atomic E-state index is 10.5. The van der Waals surface area contributed by atoms with E-state index in [1.165, 1.54) is 9.75 Å². The molecule has 0 radical (unpaired) electrons. The van der Waals surface area contributed by atoms with Crippen molar-refractivity contribution in [3.63, 3.8) is 0 Å². The highest BCUT2D eigenvalue weighted by Gasteiger charge is 2.28. The van der Waals surface area contributed by atoms with Crippen LogP contribution in [0.25, 0.3) is 0 Å². The standard InChI is InChI=1S/C12H14OS2/c1-8-4-6-10(14-8)12(3,13)11-7-5-9(2)15-11/h4-7,13H,1-3H3. The first-order chi connectivity index (χ1) is 7.00. The predicted molar refractivity (Wildman–Crippen MR) is 66.8 cm³/mol. The van der Waals surface area contributed by atoms with Gasteiger partial charge in [0.15, 0.2) is 0 Å². The van der Waals surface area contributed by atoms with Gasteiger partial charge in [-0.15, -0.1) is 22.7 Å². The minimum atomic E-state index is -0.835. The summed E-state index contributed by atoms with van der Waals surface area (Å²) in [5, 5.41) is 10.5. The summed E-state index contributed by atoms with van der Waals surface area (Å²) in [5.74, 6) is 0. The number of hydrogen-bond acceptors (Lipinski definition) is 3. The summed E-state index contributed by atoms with van der Waals surface area (Å²) >= 11 is 3.31. The second-order valence-electron chi connectivity index (χ2n) is 3.89. The molecule has 2 aromatic heterocycles. The van der Waals surface area contributed by atoms with Gasteiger partial charge in [-0.1, -0.05) is 0 Å². The second kappa shape index (κ2) is 3.74. The number of aliphatic hydroxyl groups is 1. The van der Waals surface area contributed by atoms with Gasteiger partial charge in [0.1, 0.15) is 5.60 Å². The van der Waals surface area contributed by atoms with E-state index in [4.69, 9.17) is 0 Å². The third-order valence-electron chi connectivity index (χ3n) is 2.44. The van der Waals surface area contributed by atoms with Crippen LogP contribution in [0.3, 0.4) is 0 Å². The van der Waals surface area contributed by atoms with E-state index in [9.17, 15) is 5.11 Å². The molecule has 0 aromatic carbocycles. The van der Waals surface area contributed by atoms with Crippen molar-refractivity contribution < 1.29 is 5.11 Å². The molecule has 0 amide bonds. The highest BCUT2D eigenvalue weighted by atomic mass is 32.1. The van der Waals surface area contributed by atoms with Crippen molar-refractivity contribution in [2.24, 2.45) is 0 Å². The van der Waals surface area contributed by atoms with E-state index in [0.717, 1.165) is 9.75 Å². The number of rotatable bonds is 2. The van der Waals surface area contributed by atoms with Gasteiger partial charge in [-0.3, -0.25) is 0 Å². The number of aryl methyl sites for hydroxylation is 2.